The fourth-order valence-corrected chi connectivity index (χ4v) is 3.66. The zero-order chi connectivity index (χ0) is 22.4. The monoisotopic (exact) mass is 456 g/mol. The number of carbonyl (C=O) groups is 2. The Morgan fingerprint density at radius 1 is 1.00 bits per heavy atom. The van der Waals surface area contributed by atoms with Crippen molar-refractivity contribution in [1.82, 2.24) is 4.98 Å². The molecule has 1 atom stereocenters. The molecule has 0 radical (unpaired) electrons. The van der Waals surface area contributed by atoms with E-state index in [-0.39, 0.29) is 22.0 Å². The van der Waals surface area contributed by atoms with Crippen LogP contribution in [0.3, 0.4) is 0 Å². The topological polar surface area (TPSA) is 118 Å². The van der Waals surface area contributed by atoms with E-state index in [1.807, 2.05) is 0 Å². The quantitative estimate of drug-likeness (QED) is 0.305. The van der Waals surface area contributed by atoms with Gasteiger partial charge in [0.15, 0.2) is 17.6 Å². The van der Waals surface area contributed by atoms with Gasteiger partial charge in [0.25, 0.3) is 10.0 Å². The molecule has 2 aromatic carbocycles. The van der Waals surface area contributed by atoms with E-state index in [1.54, 1.807) is 24.3 Å². The Hall–Kier alpha value is -3.43. The van der Waals surface area contributed by atoms with Crippen molar-refractivity contribution in [2.45, 2.75) is 17.9 Å². The summed E-state index contributed by atoms with van der Waals surface area (Å²) in [5, 5.41) is 8.26. The fourth-order valence-electron chi connectivity index (χ4n) is 2.53. The van der Waals surface area contributed by atoms with Gasteiger partial charge in [-0.15, -0.1) is 0 Å². The van der Waals surface area contributed by atoms with Crippen LogP contribution in [-0.2, 0) is 14.8 Å². The van der Waals surface area contributed by atoms with Crippen molar-refractivity contribution in [3.05, 3.63) is 83.5 Å². The van der Waals surface area contributed by atoms with E-state index in [4.69, 9.17) is 11.6 Å². The number of ketones is 2. The van der Waals surface area contributed by atoms with E-state index in [9.17, 15) is 18.0 Å². The Morgan fingerprint density at radius 3 is 2.26 bits per heavy atom. The van der Waals surface area contributed by atoms with Crippen LogP contribution in [-0.4, -0.2) is 31.0 Å². The molecule has 0 spiro atoms. The predicted molar refractivity (Wildman–Crippen MR) is 116 cm³/mol. The standard InChI is InChI=1S/C21H17ClN4O4S/c1-14(27)20(21(28)15-5-7-16(22)8-6-15)25-24-17-9-11-18(12-10-17)31(29,30)26-19-4-2-3-13-23-19/h2-13,20H,1H3,(H,23,26). The molecular weight excluding hydrogens is 440 g/mol. The summed E-state index contributed by atoms with van der Waals surface area (Å²) in [6.07, 6.45) is 1.47. The van der Waals surface area contributed by atoms with Crippen LogP contribution in [0.5, 0.6) is 0 Å². The molecule has 0 aliphatic carbocycles. The summed E-state index contributed by atoms with van der Waals surface area (Å²) in [4.78, 5) is 28.4. The molecule has 8 nitrogen and oxygen atoms in total. The Kier molecular flexibility index (Phi) is 6.88. The minimum Gasteiger partial charge on any atom is -0.297 e. The first kappa shape index (κ1) is 22.3. The van der Waals surface area contributed by atoms with Crippen molar-refractivity contribution in [3.8, 4) is 0 Å². The molecule has 0 saturated heterocycles. The fraction of sp³-hybridized carbons (Fsp3) is 0.0952. The van der Waals surface area contributed by atoms with Crippen molar-refractivity contribution >= 4 is 44.7 Å². The number of halogens is 1. The van der Waals surface area contributed by atoms with Crippen molar-refractivity contribution < 1.29 is 18.0 Å². The normalized spacial score (nSPS) is 12.5. The van der Waals surface area contributed by atoms with Crippen LogP contribution in [0.15, 0.2) is 88.1 Å². The van der Waals surface area contributed by atoms with E-state index in [0.29, 0.717) is 5.02 Å². The lowest BCUT2D eigenvalue weighted by Crippen LogP contribution is -2.26. The average molecular weight is 457 g/mol. The molecular formula is C21H17ClN4O4S. The van der Waals surface area contributed by atoms with Crippen LogP contribution in [0, 0.1) is 0 Å². The van der Waals surface area contributed by atoms with Crippen LogP contribution >= 0.6 is 11.6 Å². The highest BCUT2D eigenvalue weighted by atomic mass is 35.5. The first-order valence-corrected chi connectivity index (χ1v) is 10.9. The number of rotatable bonds is 8. The number of hydrogen-bond acceptors (Lipinski definition) is 7. The van der Waals surface area contributed by atoms with Crippen molar-refractivity contribution in [3.63, 3.8) is 0 Å². The number of benzene rings is 2. The number of sulfonamides is 1. The zero-order valence-corrected chi connectivity index (χ0v) is 17.8. The summed E-state index contributed by atoms with van der Waals surface area (Å²) in [5.41, 5.74) is 0.567. The van der Waals surface area contributed by atoms with Gasteiger partial charge < -0.3 is 0 Å². The molecule has 1 N–H and O–H groups in total. The third-order valence-corrected chi connectivity index (χ3v) is 5.72. The van der Waals surface area contributed by atoms with Crippen LogP contribution in [0.4, 0.5) is 11.5 Å². The average Bonchev–Trinajstić information content (AvgIpc) is 2.75. The maximum Gasteiger partial charge on any atom is 0.263 e. The largest absolute Gasteiger partial charge is 0.297 e. The van der Waals surface area contributed by atoms with Crippen molar-refractivity contribution in [1.29, 1.82) is 0 Å². The number of carbonyl (C=O) groups excluding carboxylic acids is 2. The summed E-state index contributed by atoms with van der Waals surface area (Å²) in [7, 11) is -3.83. The van der Waals surface area contributed by atoms with E-state index < -0.39 is 27.6 Å². The lowest BCUT2D eigenvalue weighted by Gasteiger charge is -2.08. The van der Waals surface area contributed by atoms with E-state index in [1.165, 1.54) is 55.6 Å². The summed E-state index contributed by atoms with van der Waals surface area (Å²) < 4.78 is 27.2. The molecule has 0 saturated carbocycles. The Labute approximate surface area is 184 Å². The second-order valence-corrected chi connectivity index (χ2v) is 8.53. The van der Waals surface area contributed by atoms with Gasteiger partial charge in [-0.1, -0.05) is 17.7 Å². The Bertz CT molecular complexity index is 1210. The summed E-state index contributed by atoms with van der Waals surface area (Å²) in [5.74, 6) is -0.787. The molecule has 10 heteroatoms. The maximum absolute atomic E-state index is 12.6. The van der Waals surface area contributed by atoms with Crippen molar-refractivity contribution in [2.75, 3.05) is 4.72 Å². The third-order valence-electron chi connectivity index (χ3n) is 4.10. The van der Waals surface area contributed by atoms with E-state index in [0.717, 1.165) is 0 Å². The van der Waals surface area contributed by atoms with E-state index in [2.05, 4.69) is 19.9 Å². The molecule has 0 bridgehead atoms. The Balaban J connectivity index is 1.76. The first-order valence-electron chi connectivity index (χ1n) is 9.01. The van der Waals surface area contributed by atoms with Crippen LogP contribution < -0.4 is 4.72 Å². The highest BCUT2D eigenvalue weighted by Gasteiger charge is 2.24. The molecule has 3 aromatic rings. The number of nitrogens with zero attached hydrogens (tertiary/aromatic N) is 3. The zero-order valence-electron chi connectivity index (χ0n) is 16.3. The van der Waals surface area contributed by atoms with Crippen LogP contribution in [0.25, 0.3) is 0 Å². The molecule has 3 rings (SSSR count). The molecule has 0 aliphatic heterocycles. The molecule has 0 fully saturated rings. The molecule has 158 valence electrons. The number of pyridine rings is 1. The summed E-state index contributed by atoms with van der Waals surface area (Å²) in [6, 6.07) is 15.1. The number of aromatic nitrogens is 1. The lowest BCUT2D eigenvalue weighted by molar-refractivity contribution is -0.117. The molecule has 0 amide bonds. The number of nitrogens with one attached hydrogen (secondary N) is 1. The lowest BCUT2D eigenvalue weighted by atomic mass is 10.0. The number of hydrogen-bond donors (Lipinski definition) is 1. The van der Waals surface area contributed by atoms with Gasteiger partial charge in [-0.05, 0) is 67.6 Å². The van der Waals surface area contributed by atoms with Gasteiger partial charge in [0, 0.05) is 16.8 Å². The Morgan fingerprint density at radius 2 is 1.68 bits per heavy atom. The minimum atomic E-state index is -3.83. The SMILES string of the molecule is CC(=O)C(N=Nc1ccc(S(=O)(=O)Nc2ccccn2)cc1)C(=O)c1ccc(Cl)cc1. The van der Waals surface area contributed by atoms with E-state index >= 15 is 0 Å². The van der Waals surface area contributed by atoms with Gasteiger partial charge in [-0.25, -0.2) is 13.4 Å². The van der Waals surface area contributed by atoms with Crippen LogP contribution in [0.1, 0.15) is 17.3 Å². The summed E-state index contributed by atoms with van der Waals surface area (Å²) in [6.45, 7) is 1.25. The molecule has 1 heterocycles. The maximum atomic E-state index is 12.6. The van der Waals surface area contributed by atoms with Gasteiger partial charge in [-0.2, -0.15) is 10.2 Å². The number of Topliss-reactive ketones (excluding diaryl/α,β-unsaturated/α-hetero) is 2. The smallest absolute Gasteiger partial charge is 0.263 e. The highest BCUT2D eigenvalue weighted by molar-refractivity contribution is 7.92. The molecule has 1 unspecified atom stereocenters. The van der Waals surface area contributed by atoms with Gasteiger partial charge in [0.2, 0.25) is 0 Å². The second-order valence-electron chi connectivity index (χ2n) is 6.41. The highest BCUT2D eigenvalue weighted by Crippen LogP contribution is 2.20. The van der Waals surface area contributed by atoms with Gasteiger partial charge in [0.1, 0.15) is 5.82 Å². The van der Waals surface area contributed by atoms with Gasteiger partial charge >= 0.3 is 0 Å². The van der Waals surface area contributed by atoms with Gasteiger partial charge in [-0.3, -0.25) is 14.3 Å². The molecule has 31 heavy (non-hydrogen) atoms. The summed E-state index contributed by atoms with van der Waals surface area (Å²) >= 11 is 5.82. The second kappa shape index (κ2) is 9.59. The predicted octanol–water partition coefficient (Wildman–Crippen LogP) is 4.46. The van der Waals surface area contributed by atoms with Crippen molar-refractivity contribution in [2.24, 2.45) is 10.2 Å². The third kappa shape index (κ3) is 5.80. The number of azo groups is 1. The van der Waals surface area contributed by atoms with Gasteiger partial charge in [0.05, 0.1) is 10.6 Å². The molecule has 1 aromatic heterocycles. The van der Waals surface area contributed by atoms with Crippen LogP contribution in [0.2, 0.25) is 5.02 Å². The first-order chi connectivity index (χ1) is 14.8. The molecule has 0 aliphatic rings. The number of anilines is 1. The minimum absolute atomic E-state index is 0.00235.